The van der Waals surface area contributed by atoms with Gasteiger partial charge in [-0.3, -0.25) is 19.2 Å². The Morgan fingerprint density at radius 2 is 1.56 bits per heavy atom. The van der Waals surface area contributed by atoms with Crippen molar-refractivity contribution in [3.63, 3.8) is 0 Å². The molecule has 0 saturated heterocycles. The molecule has 0 aliphatic carbocycles. The van der Waals surface area contributed by atoms with E-state index in [4.69, 9.17) is 14.6 Å². The molecule has 0 heterocycles. The number of rotatable bonds is 11. The summed E-state index contributed by atoms with van der Waals surface area (Å²) in [5, 5.41) is 8.68. The van der Waals surface area contributed by atoms with Crippen molar-refractivity contribution in [1.82, 2.24) is 4.90 Å². The minimum absolute atomic E-state index is 0.0389. The standard InChI is InChI=1S/C17H27NO7/c1-5-12-24-15(22)8-10-18(13(19)6-7-14(20)21)11-9-16(23)25-17(2,3)4/h5H,1,6-12H2,2-4H3,(H,20,21). The number of hydrogen-bond donors (Lipinski definition) is 1. The Bertz CT molecular complexity index is 494. The maximum absolute atomic E-state index is 12.1. The fourth-order valence-electron chi connectivity index (χ4n) is 1.80. The maximum Gasteiger partial charge on any atom is 0.308 e. The second kappa shape index (κ2) is 11.2. The van der Waals surface area contributed by atoms with Crippen molar-refractivity contribution >= 4 is 23.8 Å². The summed E-state index contributed by atoms with van der Waals surface area (Å²) in [5.74, 6) is -2.51. The lowest BCUT2D eigenvalue weighted by molar-refractivity contribution is -0.155. The Hall–Kier alpha value is -2.38. The van der Waals surface area contributed by atoms with Gasteiger partial charge in [0.25, 0.3) is 0 Å². The Morgan fingerprint density at radius 3 is 2.04 bits per heavy atom. The second-order valence-corrected chi connectivity index (χ2v) is 6.33. The molecule has 0 radical (unpaired) electrons. The highest BCUT2D eigenvalue weighted by Gasteiger charge is 2.20. The number of carbonyl (C=O) groups is 4. The van der Waals surface area contributed by atoms with Crippen LogP contribution in [-0.2, 0) is 28.7 Å². The largest absolute Gasteiger partial charge is 0.481 e. The van der Waals surface area contributed by atoms with Gasteiger partial charge in [0, 0.05) is 19.5 Å². The summed E-state index contributed by atoms with van der Waals surface area (Å²) in [6, 6.07) is 0. The van der Waals surface area contributed by atoms with Gasteiger partial charge in [-0.25, -0.2) is 0 Å². The van der Waals surface area contributed by atoms with Crippen LogP contribution in [-0.4, -0.2) is 59.1 Å². The van der Waals surface area contributed by atoms with E-state index in [-0.39, 0.29) is 45.4 Å². The van der Waals surface area contributed by atoms with Crippen LogP contribution in [0.25, 0.3) is 0 Å². The van der Waals surface area contributed by atoms with Crippen molar-refractivity contribution < 1.29 is 33.8 Å². The number of ether oxygens (including phenoxy) is 2. The summed E-state index contributed by atoms with van der Waals surface area (Å²) in [4.78, 5) is 47.3. The molecule has 0 aliphatic rings. The molecule has 0 aromatic rings. The lowest BCUT2D eigenvalue weighted by Crippen LogP contribution is -2.36. The van der Waals surface area contributed by atoms with Crippen LogP contribution in [0.2, 0.25) is 0 Å². The number of esters is 2. The SMILES string of the molecule is C=CCOC(=O)CCN(CCC(=O)OC(C)(C)C)C(=O)CCC(=O)O. The van der Waals surface area contributed by atoms with Gasteiger partial charge in [0.15, 0.2) is 0 Å². The molecule has 0 saturated carbocycles. The molecule has 0 atom stereocenters. The first-order chi connectivity index (χ1) is 11.5. The number of hydrogen-bond acceptors (Lipinski definition) is 6. The third-order valence-electron chi connectivity index (χ3n) is 2.86. The van der Waals surface area contributed by atoms with Crippen molar-refractivity contribution in [2.24, 2.45) is 0 Å². The number of carbonyl (C=O) groups excluding carboxylic acids is 3. The number of carboxylic acids is 1. The molecule has 0 aromatic heterocycles. The number of amides is 1. The zero-order chi connectivity index (χ0) is 19.5. The van der Waals surface area contributed by atoms with E-state index in [0.717, 1.165) is 0 Å². The number of carboxylic acid groups (broad SMARTS) is 1. The minimum Gasteiger partial charge on any atom is -0.481 e. The van der Waals surface area contributed by atoms with Gasteiger partial charge in [0.2, 0.25) is 5.91 Å². The average molecular weight is 357 g/mol. The molecule has 8 nitrogen and oxygen atoms in total. The highest BCUT2D eigenvalue weighted by Crippen LogP contribution is 2.09. The molecule has 142 valence electrons. The quantitative estimate of drug-likeness (QED) is 0.441. The van der Waals surface area contributed by atoms with Gasteiger partial charge in [-0.05, 0) is 20.8 Å². The average Bonchev–Trinajstić information content (AvgIpc) is 2.48. The van der Waals surface area contributed by atoms with E-state index in [9.17, 15) is 19.2 Å². The zero-order valence-electron chi connectivity index (χ0n) is 15.1. The Labute approximate surface area is 147 Å². The fourth-order valence-corrected chi connectivity index (χ4v) is 1.80. The Balaban J connectivity index is 4.63. The van der Waals surface area contributed by atoms with E-state index in [2.05, 4.69) is 6.58 Å². The van der Waals surface area contributed by atoms with Crippen LogP contribution in [0.15, 0.2) is 12.7 Å². The van der Waals surface area contributed by atoms with Crippen molar-refractivity contribution in [3.8, 4) is 0 Å². The third-order valence-corrected chi connectivity index (χ3v) is 2.86. The van der Waals surface area contributed by atoms with Gasteiger partial charge in [-0.15, -0.1) is 0 Å². The first-order valence-electron chi connectivity index (χ1n) is 8.03. The highest BCUT2D eigenvalue weighted by molar-refractivity contribution is 5.81. The van der Waals surface area contributed by atoms with Crippen molar-refractivity contribution in [1.29, 1.82) is 0 Å². The number of nitrogens with zero attached hydrogens (tertiary/aromatic N) is 1. The van der Waals surface area contributed by atoms with Gasteiger partial charge in [-0.2, -0.15) is 0 Å². The van der Waals surface area contributed by atoms with Crippen LogP contribution >= 0.6 is 0 Å². The van der Waals surface area contributed by atoms with Crippen LogP contribution in [0.5, 0.6) is 0 Å². The molecular formula is C17H27NO7. The van der Waals surface area contributed by atoms with Crippen LogP contribution in [0.3, 0.4) is 0 Å². The predicted molar refractivity (Wildman–Crippen MR) is 89.7 cm³/mol. The lowest BCUT2D eigenvalue weighted by Gasteiger charge is -2.24. The Kier molecular flexibility index (Phi) is 10.2. The normalized spacial score (nSPS) is 10.7. The van der Waals surface area contributed by atoms with E-state index in [1.54, 1.807) is 20.8 Å². The topological polar surface area (TPSA) is 110 Å². The van der Waals surface area contributed by atoms with E-state index in [0.29, 0.717) is 0 Å². The van der Waals surface area contributed by atoms with Crippen molar-refractivity contribution in [2.45, 2.75) is 52.1 Å². The van der Waals surface area contributed by atoms with Crippen molar-refractivity contribution in [2.75, 3.05) is 19.7 Å². The van der Waals surface area contributed by atoms with E-state index < -0.39 is 29.4 Å². The maximum atomic E-state index is 12.1. The first-order valence-corrected chi connectivity index (χ1v) is 8.03. The van der Waals surface area contributed by atoms with Crippen LogP contribution in [0.4, 0.5) is 0 Å². The molecule has 0 rings (SSSR count). The van der Waals surface area contributed by atoms with Crippen LogP contribution < -0.4 is 0 Å². The summed E-state index contributed by atoms with van der Waals surface area (Å²) in [6.45, 7) is 8.78. The molecule has 8 heteroatoms. The summed E-state index contributed by atoms with van der Waals surface area (Å²) in [7, 11) is 0. The van der Waals surface area contributed by atoms with E-state index in [1.807, 2.05) is 0 Å². The predicted octanol–water partition coefficient (Wildman–Crippen LogP) is 1.53. The smallest absolute Gasteiger partial charge is 0.308 e. The fraction of sp³-hybridized carbons (Fsp3) is 0.647. The minimum atomic E-state index is -1.09. The molecule has 0 aromatic carbocycles. The molecular weight excluding hydrogens is 330 g/mol. The molecule has 0 fully saturated rings. The summed E-state index contributed by atoms with van der Waals surface area (Å²) in [5.41, 5.74) is -0.635. The lowest BCUT2D eigenvalue weighted by atomic mass is 10.2. The van der Waals surface area contributed by atoms with E-state index >= 15 is 0 Å². The number of aliphatic carboxylic acids is 1. The molecule has 0 spiro atoms. The van der Waals surface area contributed by atoms with Crippen LogP contribution in [0.1, 0.15) is 46.5 Å². The monoisotopic (exact) mass is 357 g/mol. The molecule has 1 N–H and O–H groups in total. The molecule has 0 unspecified atom stereocenters. The van der Waals surface area contributed by atoms with Gasteiger partial charge in [0.1, 0.15) is 12.2 Å². The zero-order valence-corrected chi connectivity index (χ0v) is 15.1. The summed E-state index contributed by atoms with van der Waals surface area (Å²) < 4.78 is 10.0. The second-order valence-electron chi connectivity index (χ2n) is 6.33. The molecule has 1 amide bonds. The highest BCUT2D eigenvalue weighted by atomic mass is 16.6. The van der Waals surface area contributed by atoms with Gasteiger partial charge in [-0.1, -0.05) is 12.7 Å². The summed E-state index contributed by atoms with van der Waals surface area (Å²) >= 11 is 0. The van der Waals surface area contributed by atoms with Crippen molar-refractivity contribution in [3.05, 3.63) is 12.7 Å². The van der Waals surface area contributed by atoms with Crippen LogP contribution in [0, 0.1) is 0 Å². The van der Waals surface area contributed by atoms with Gasteiger partial charge < -0.3 is 19.5 Å². The Morgan fingerprint density at radius 1 is 1.00 bits per heavy atom. The molecule has 0 bridgehead atoms. The van der Waals surface area contributed by atoms with Gasteiger partial charge in [0.05, 0.1) is 19.3 Å². The third kappa shape index (κ3) is 12.7. The molecule has 0 aliphatic heterocycles. The van der Waals surface area contributed by atoms with E-state index in [1.165, 1.54) is 11.0 Å². The first kappa shape index (κ1) is 22.6. The summed E-state index contributed by atoms with van der Waals surface area (Å²) in [6.07, 6.45) is 0.809. The van der Waals surface area contributed by atoms with Gasteiger partial charge >= 0.3 is 17.9 Å². The molecule has 25 heavy (non-hydrogen) atoms.